The molecule has 41 heavy (non-hydrogen) atoms. The number of aromatic nitrogens is 1. The molecule has 216 valence electrons. The van der Waals surface area contributed by atoms with E-state index in [1.165, 1.54) is 36.4 Å². The van der Waals surface area contributed by atoms with E-state index in [2.05, 4.69) is 4.98 Å². The second-order valence-corrected chi connectivity index (χ2v) is 12.5. The van der Waals surface area contributed by atoms with Crippen molar-refractivity contribution < 1.29 is 31.9 Å². The van der Waals surface area contributed by atoms with Gasteiger partial charge in [0, 0.05) is 49.7 Å². The number of nitriles is 1. The monoisotopic (exact) mass is 568 g/mol. The Bertz CT molecular complexity index is 1560. The minimum absolute atomic E-state index is 0.0667. The molecular weight excluding hydrogens is 537 g/mol. The molecule has 0 unspecified atom stereocenters. The number of pyridine rings is 1. The smallest absolute Gasteiger partial charge is 0.410 e. The Morgan fingerprint density at radius 2 is 1.76 bits per heavy atom. The fraction of sp³-hybridized carbons (Fsp3) is 0.467. The van der Waals surface area contributed by atoms with Crippen LogP contribution in [0.15, 0.2) is 40.8 Å². The summed E-state index contributed by atoms with van der Waals surface area (Å²) in [7, 11) is 0. The lowest BCUT2D eigenvalue weighted by molar-refractivity contribution is -0.108. The van der Waals surface area contributed by atoms with Gasteiger partial charge in [0.05, 0.1) is 22.7 Å². The van der Waals surface area contributed by atoms with Gasteiger partial charge in [-0.1, -0.05) is 0 Å². The first kappa shape index (κ1) is 28.5. The summed E-state index contributed by atoms with van der Waals surface area (Å²) in [4.78, 5) is 34.1. The molecule has 0 bridgehead atoms. The first-order valence-electron chi connectivity index (χ1n) is 13.3. The highest BCUT2D eigenvalue weighted by atomic mass is 19.3. The SMILES string of the molecule is CC(C)(C)OC(=O)N1CCN(C(=O)c2cc3nc(-c4ccc(F)cc4)cc(C4(C#N)CC(F)(F)C4)c3o2)C(C)(C)C1. The van der Waals surface area contributed by atoms with Crippen LogP contribution in [0, 0.1) is 17.1 Å². The lowest BCUT2D eigenvalue weighted by atomic mass is 9.63. The number of carbonyl (C=O) groups excluding carboxylic acids is 2. The highest BCUT2D eigenvalue weighted by Gasteiger charge is 2.59. The van der Waals surface area contributed by atoms with Crippen LogP contribution in [-0.4, -0.2) is 63.5 Å². The Labute approximate surface area is 235 Å². The fourth-order valence-corrected chi connectivity index (χ4v) is 5.56. The van der Waals surface area contributed by atoms with Gasteiger partial charge in [-0.15, -0.1) is 0 Å². The molecule has 1 aromatic carbocycles. The highest BCUT2D eigenvalue weighted by Crippen LogP contribution is 2.55. The average molecular weight is 569 g/mol. The number of furan rings is 1. The molecule has 1 aliphatic heterocycles. The lowest BCUT2D eigenvalue weighted by Crippen LogP contribution is -2.62. The quantitative estimate of drug-likeness (QED) is 0.368. The maximum absolute atomic E-state index is 14.1. The molecular formula is C30H31F3N4O4. The molecule has 8 nitrogen and oxygen atoms in total. The van der Waals surface area contributed by atoms with E-state index in [1.54, 1.807) is 30.6 Å². The zero-order valence-electron chi connectivity index (χ0n) is 23.6. The van der Waals surface area contributed by atoms with Crippen LogP contribution in [0.5, 0.6) is 0 Å². The second-order valence-electron chi connectivity index (χ2n) is 12.5. The van der Waals surface area contributed by atoms with E-state index < -0.39 is 53.1 Å². The molecule has 0 radical (unpaired) electrons. The Hall–Kier alpha value is -4.07. The number of benzene rings is 1. The molecule has 2 fully saturated rings. The van der Waals surface area contributed by atoms with Crippen molar-refractivity contribution in [2.24, 2.45) is 0 Å². The van der Waals surface area contributed by atoms with E-state index in [9.17, 15) is 28.0 Å². The van der Waals surface area contributed by atoms with Crippen LogP contribution in [0.2, 0.25) is 0 Å². The van der Waals surface area contributed by atoms with Crippen LogP contribution in [0.4, 0.5) is 18.0 Å². The molecule has 3 aromatic rings. The van der Waals surface area contributed by atoms with Crippen LogP contribution in [0.1, 0.15) is 63.6 Å². The van der Waals surface area contributed by atoms with Gasteiger partial charge in [-0.2, -0.15) is 5.26 Å². The maximum atomic E-state index is 14.1. The normalized spacial score (nSPS) is 19.4. The first-order chi connectivity index (χ1) is 19.0. The minimum Gasteiger partial charge on any atom is -0.449 e. The number of hydrogen-bond donors (Lipinski definition) is 0. The molecule has 2 aliphatic rings. The maximum Gasteiger partial charge on any atom is 0.410 e. The third-order valence-electron chi connectivity index (χ3n) is 7.48. The van der Waals surface area contributed by atoms with Crippen molar-refractivity contribution in [3.05, 3.63) is 53.5 Å². The predicted octanol–water partition coefficient (Wildman–Crippen LogP) is 6.30. The van der Waals surface area contributed by atoms with Crippen LogP contribution in [-0.2, 0) is 10.2 Å². The number of piperazine rings is 1. The average Bonchev–Trinajstić information content (AvgIpc) is 3.29. The molecule has 0 N–H and O–H groups in total. The minimum atomic E-state index is -3.01. The van der Waals surface area contributed by atoms with Gasteiger partial charge in [0.1, 0.15) is 16.9 Å². The molecule has 1 aliphatic carbocycles. The number of hydrogen-bond acceptors (Lipinski definition) is 6. The van der Waals surface area contributed by atoms with E-state index in [0.717, 1.165) is 0 Å². The third-order valence-corrected chi connectivity index (χ3v) is 7.48. The van der Waals surface area contributed by atoms with Crippen molar-refractivity contribution in [2.75, 3.05) is 19.6 Å². The number of carbonyl (C=O) groups is 2. The number of ether oxygens (including phenoxy) is 1. The standard InChI is InChI=1S/C30H31F3N4O4/c1-27(2,3)41-26(39)36-10-11-37(28(4,5)17-36)25(38)23-13-22-24(40-23)20(29(16-34)14-30(32,33)15-29)12-21(35-22)18-6-8-19(31)9-7-18/h6-9,12-13H,10-11,14-15,17H2,1-5H3. The van der Waals surface area contributed by atoms with Crippen molar-refractivity contribution in [3.8, 4) is 17.3 Å². The van der Waals surface area contributed by atoms with Crippen molar-refractivity contribution in [2.45, 2.75) is 69.9 Å². The number of nitrogens with zero attached hydrogens (tertiary/aromatic N) is 4. The molecule has 2 amide bonds. The van der Waals surface area contributed by atoms with Gasteiger partial charge >= 0.3 is 6.09 Å². The summed E-state index contributed by atoms with van der Waals surface area (Å²) in [5, 5.41) is 10.00. The second kappa shape index (κ2) is 9.50. The summed E-state index contributed by atoms with van der Waals surface area (Å²) < 4.78 is 53.2. The summed E-state index contributed by atoms with van der Waals surface area (Å²) in [6.07, 6.45) is -1.85. The van der Waals surface area contributed by atoms with E-state index in [1.807, 2.05) is 19.9 Å². The van der Waals surface area contributed by atoms with Crippen molar-refractivity contribution in [3.63, 3.8) is 0 Å². The summed E-state index contributed by atoms with van der Waals surface area (Å²) in [5.74, 6) is -3.99. The third kappa shape index (κ3) is 5.35. The molecule has 2 aromatic heterocycles. The summed E-state index contributed by atoms with van der Waals surface area (Å²) in [5.41, 5.74) is -1.61. The van der Waals surface area contributed by atoms with Crippen LogP contribution < -0.4 is 0 Å². The van der Waals surface area contributed by atoms with Gasteiger partial charge in [-0.25, -0.2) is 22.9 Å². The van der Waals surface area contributed by atoms with Gasteiger partial charge < -0.3 is 19.0 Å². The van der Waals surface area contributed by atoms with Gasteiger partial charge in [0.2, 0.25) is 0 Å². The topological polar surface area (TPSA) is 99.7 Å². The van der Waals surface area contributed by atoms with Gasteiger partial charge in [-0.05, 0) is 65.0 Å². The lowest BCUT2D eigenvalue weighted by Gasteiger charge is -2.46. The van der Waals surface area contributed by atoms with Crippen molar-refractivity contribution in [1.29, 1.82) is 5.26 Å². The Balaban J connectivity index is 1.51. The number of amides is 2. The van der Waals surface area contributed by atoms with Gasteiger partial charge in [-0.3, -0.25) is 4.79 Å². The summed E-state index contributed by atoms with van der Waals surface area (Å²) in [6, 6.07) is 10.5. The molecule has 1 saturated carbocycles. The Kier molecular flexibility index (Phi) is 6.59. The molecule has 11 heteroatoms. The molecule has 1 saturated heterocycles. The van der Waals surface area contributed by atoms with E-state index in [0.29, 0.717) is 11.3 Å². The van der Waals surface area contributed by atoms with Crippen LogP contribution in [0.3, 0.4) is 0 Å². The molecule has 0 atom stereocenters. The first-order valence-corrected chi connectivity index (χ1v) is 13.3. The zero-order valence-corrected chi connectivity index (χ0v) is 23.6. The Morgan fingerprint density at radius 1 is 1.10 bits per heavy atom. The summed E-state index contributed by atoms with van der Waals surface area (Å²) >= 11 is 0. The molecule has 5 rings (SSSR count). The number of rotatable bonds is 3. The molecule has 3 heterocycles. The number of alkyl halides is 2. The van der Waals surface area contributed by atoms with Crippen molar-refractivity contribution in [1.82, 2.24) is 14.8 Å². The Morgan fingerprint density at radius 3 is 2.32 bits per heavy atom. The fourth-order valence-electron chi connectivity index (χ4n) is 5.56. The number of halogens is 3. The summed E-state index contributed by atoms with van der Waals surface area (Å²) in [6.45, 7) is 9.65. The van der Waals surface area contributed by atoms with Gasteiger partial charge in [0.25, 0.3) is 11.8 Å². The van der Waals surface area contributed by atoms with Crippen LogP contribution >= 0.6 is 0 Å². The number of fused-ring (bicyclic) bond motifs is 1. The highest BCUT2D eigenvalue weighted by molar-refractivity contribution is 5.97. The van der Waals surface area contributed by atoms with E-state index in [4.69, 9.17) is 9.15 Å². The molecule has 0 spiro atoms. The predicted molar refractivity (Wildman–Crippen MR) is 144 cm³/mol. The van der Waals surface area contributed by atoms with E-state index >= 15 is 0 Å². The zero-order chi connectivity index (χ0) is 30.0. The van der Waals surface area contributed by atoms with Crippen molar-refractivity contribution >= 4 is 23.1 Å². The van der Waals surface area contributed by atoms with E-state index in [-0.39, 0.29) is 42.1 Å². The van der Waals surface area contributed by atoms with Crippen LogP contribution in [0.25, 0.3) is 22.4 Å². The largest absolute Gasteiger partial charge is 0.449 e. The van der Waals surface area contributed by atoms with Gasteiger partial charge in [0.15, 0.2) is 11.3 Å².